The minimum absolute atomic E-state index is 0.0582. The Morgan fingerprint density at radius 1 is 1.19 bits per heavy atom. The molecule has 26 heavy (non-hydrogen) atoms. The smallest absolute Gasteiger partial charge is 0.221 e. The van der Waals surface area contributed by atoms with Crippen LogP contribution in [0.15, 0.2) is 35.5 Å². The molecule has 1 aromatic heterocycles. The lowest BCUT2D eigenvalue weighted by atomic mass is 10.1. The van der Waals surface area contributed by atoms with Crippen molar-refractivity contribution >= 4 is 28.9 Å². The van der Waals surface area contributed by atoms with Crippen LogP contribution in [0, 0.1) is 0 Å². The van der Waals surface area contributed by atoms with Gasteiger partial charge < -0.3 is 16.0 Å². The van der Waals surface area contributed by atoms with Crippen molar-refractivity contribution in [3.8, 4) is 0 Å². The van der Waals surface area contributed by atoms with Crippen molar-refractivity contribution in [3.63, 3.8) is 0 Å². The van der Waals surface area contributed by atoms with E-state index < -0.39 is 0 Å². The second-order valence-electron chi connectivity index (χ2n) is 5.82. The molecule has 0 radical (unpaired) electrons. The number of aliphatic imine (C=N–C) groups is 1. The number of carbonyl (C=O) groups is 1. The third-order valence-corrected chi connectivity index (χ3v) is 4.77. The van der Waals surface area contributed by atoms with Gasteiger partial charge in [-0.1, -0.05) is 19.1 Å². The lowest BCUT2D eigenvalue weighted by molar-refractivity contribution is -0.114. The molecule has 1 amide bonds. The fraction of sp³-hybridized carbons (Fsp3) is 0.421. The number of aryl methyl sites for hydroxylation is 1. The monoisotopic (exact) mass is 373 g/mol. The first-order chi connectivity index (χ1) is 12.6. The lowest BCUT2D eigenvalue weighted by Crippen LogP contribution is -2.38. The lowest BCUT2D eigenvalue weighted by Gasteiger charge is -2.11. The van der Waals surface area contributed by atoms with Crippen LogP contribution in [0.1, 0.15) is 36.2 Å². The van der Waals surface area contributed by atoms with Gasteiger partial charge in [0, 0.05) is 36.8 Å². The van der Waals surface area contributed by atoms with Crippen molar-refractivity contribution in [1.29, 1.82) is 0 Å². The molecule has 3 N–H and O–H groups in total. The van der Waals surface area contributed by atoms with Crippen molar-refractivity contribution in [2.45, 2.75) is 40.2 Å². The van der Waals surface area contributed by atoms with Crippen LogP contribution in [0.25, 0.3) is 0 Å². The molecule has 0 aliphatic rings. The van der Waals surface area contributed by atoms with E-state index in [-0.39, 0.29) is 5.91 Å². The maximum Gasteiger partial charge on any atom is 0.221 e. The molecule has 2 aromatic rings. The number of carbonyl (C=O) groups excluding carboxylic acids is 1. The van der Waals surface area contributed by atoms with Crippen molar-refractivity contribution in [2.75, 3.05) is 18.4 Å². The van der Waals surface area contributed by atoms with Gasteiger partial charge in [-0.15, -0.1) is 11.3 Å². The number of benzene rings is 1. The first kappa shape index (κ1) is 19.9. The van der Waals surface area contributed by atoms with Gasteiger partial charge in [-0.3, -0.25) is 4.79 Å². The van der Waals surface area contributed by atoms with Gasteiger partial charge >= 0.3 is 0 Å². The Kier molecular flexibility index (Phi) is 8.08. The number of aromatic nitrogens is 1. The zero-order chi connectivity index (χ0) is 18.8. The van der Waals surface area contributed by atoms with E-state index in [1.165, 1.54) is 17.4 Å². The first-order valence-electron chi connectivity index (χ1n) is 8.93. The largest absolute Gasteiger partial charge is 0.357 e. The molecule has 6 nitrogen and oxygen atoms in total. The summed E-state index contributed by atoms with van der Waals surface area (Å²) in [6.45, 7) is 7.88. The summed E-state index contributed by atoms with van der Waals surface area (Å²) in [7, 11) is 0. The number of amides is 1. The third kappa shape index (κ3) is 6.84. The van der Waals surface area contributed by atoms with Gasteiger partial charge in [0.25, 0.3) is 0 Å². The number of nitrogens with zero attached hydrogens (tertiary/aromatic N) is 2. The molecular weight excluding hydrogens is 346 g/mol. The first-order valence-corrected chi connectivity index (χ1v) is 9.74. The number of thiazole rings is 1. The Bertz CT molecular complexity index is 724. The van der Waals surface area contributed by atoms with E-state index in [0.29, 0.717) is 6.54 Å². The molecule has 140 valence electrons. The SMILES string of the molecule is CCNC(=NCc1ncc(CC)s1)NCCc1ccc(NC(C)=O)cc1. The van der Waals surface area contributed by atoms with Crippen LogP contribution in [-0.2, 0) is 24.2 Å². The van der Waals surface area contributed by atoms with Gasteiger partial charge in [-0.05, 0) is 37.5 Å². The topological polar surface area (TPSA) is 78.4 Å². The van der Waals surface area contributed by atoms with Gasteiger partial charge in [-0.2, -0.15) is 0 Å². The molecule has 7 heteroatoms. The third-order valence-electron chi connectivity index (χ3n) is 3.65. The van der Waals surface area contributed by atoms with Crippen molar-refractivity contribution < 1.29 is 4.79 Å². The van der Waals surface area contributed by atoms with Gasteiger partial charge in [0.2, 0.25) is 5.91 Å². The maximum absolute atomic E-state index is 11.0. The summed E-state index contributed by atoms with van der Waals surface area (Å²) in [4.78, 5) is 21.3. The molecular formula is C19H27N5OS. The van der Waals surface area contributed by atoms with Crippen LogP contribution in [0.2, 0.25) is 0 Å². The van der Waals surface area contributed by atoms with E-state index in [1.54, 1.807) is 11.3 Å². The van der Waals surface area contributed by atoms with E-state index in [9.17, 15) is 4.79 Å². The van der Waals surface area contributed by atoms with Gasteiger partial charge in [0.1, 0.15) is 5.01 Å². The summed E-state index contributed by atoms with van der Waals surface area (Å²) < 4.78 is 0. The van der Waals surface area contributed by atoms with E-state index in [0.717, 1.165) is 42.6 Å². The normalized spacial score (nSPS) is 11.3. The molecule has 0 bridgehead atoms. The van der Waals surface area contributed by atoms with Crippen molar-refractivity contribution in [1.82, 2.24) is 15.6 Å². The molecule has 0 spiro atoms. The predicted molar refractivity (Wildman–Crippen MR) is 109 cm³/mol. The number of nitrogens with one attached hydrogen (secondary N) is 3. The van der Waals surface area contributed by atoms with Crippen LogP contribution >= 0.6 is 11.3 Å². The number of guanidine groups is 1. The standard InChI is InChI=1S/C19H27N5OS/c1-4-17-12-22-18(26-17)13-23-19(20-5-2)21-11-10-15-6-8-16(9-7-15)24-14(3)25/h6-9,12H,4-5,10-11,13H2,1-3H3,(H,24,25)(H2,20,21,23). The number of hydrogen-bond donors (Lipinski definition) is 3. The van der Waals surface area contributed by atoms with E-state index in [2.05, 4.69) is 39.8 Å². The second kappa shape index (κ2) is 10.6. The fourth-order valence-corrected chi connectivity index (χ4v) is 3.14. The number of hydrogen-bond acceptors (Lipinski definition) is 4. The molecule has 0 aliphatic carbocycles. The molecule has 0 aliphatic heterocycles. The minimum atomic E-state index is -0.0582. The maximum atomic E-state index is 11.0. The summed E-state index contributed by atoms with van der Waals surface area (Å²) in [5.74, 6) is 0.743. The highest BCUT2D eigenvalue weighted by Crippen LogP contribution is 2.14. The van der Waals surface area contributed by atoms with Crippen LogP contribution in [0.3, 0.4) is 0 Å². The minimum Gasteiger partial charge on any atom is -0.357 e. The molecule has 1 heterocycles. The summed E-state index contributed by atoms with van der Waals surface area (Å²) >= 11 is 1.72. The Morgan fingerprint density at radius 3 is 2.58 bits per heavy atom. The summed E-state index contributed by atoms with van der Waals surface area (Å²) in [6, 6.07) is 7.89. The average Bonchev–Trinajstić information content (AvgIpc) is 3.09. The van der Waals surface area contributed by atoms with Crippen LogP contribution in [0.4, 0.5) is 5.69 Å². The zero-order valence-electron chi connectivity index (χ0n) is 15.6. The highest BCUT2D eigenvalue weighted by molar-refractivity contribution is 7.11. The Morgan fingerprint density at radius 2 is 1.96 bits per heavy atom. The molecule has 2 rings (SSSR count). The molecule has 0 atom stereocenters. The van der Waals surface area contributed by atoms with Crippen LogP contribution in [0.5, 0.6) is 0 Å². The summed E-state index contributed by atoms with van der Waals surface area (Å²) in [6.07, 6.45) is 3.82. The zero-order valence-corrected chi connectivity index (χ0v) is 16.4. The van der Waals surface area contributed by atoms with E-state index in [1.807, 2.05) is 30.5 Å². The quantitative estimate of drug-likeness (QED) is 0.491. The predicted octanol–water partition coefficient (Wildman–Crippen LogP) is 2.96. The highest BCUT2D eigenvalue weighted by Gasteiger charge is 2.02. The molecule has 0 saturated carbocycles. The molecule has 0 saturated heterocycles. The Balaban J connectivity index is 1.83. The molecule has 0 unspecified atom stereocenters. The molecule has 1 aromatic carbocycles. The van der Waals surface area contributed by atoms with Crippen LogP contribution < -0.4 is 16.0 Å². The van der Waals surface area contributed by atoms with Gasteiger partial charge in [0.05, 0.1) is 6.54 Å². The fourth-order valence-electron chi connectivity index (χ4n) is 2.36. The van der Waals surface area contributed by atoms with Crippen molar-refractivity contribution in [3.05, 3.63) is 45.9 Å². The van der Waals surface area contributed by atoms with Gasteiger partial charge in [0.15, 0.2) is 5.96 Å². The van der Waals surface area contributed by atoms with Crippen molar-refractivity contribution in [2.24, 2.45) is 4.99 Å². The highest BCUT2D eigenvalue weighted by atomic mass is 32.1. The Labute approximate surface area is 159 Å². The molecule has 0 fully saturated rings. The summed E-state index contributed by atoms with van der Waals surface area (Å²) in [5.41, 5.74) is 2.02. The Hall–Kier alpha value is -2.41. The van der Waals surface area contributed by atoms with Crippen LogP contribution in [-0.4, -0.2) is 29.9 Å². The van der Waals surface area contributed by atoms with E-state index >= 15 is 0 Å². The summed E-state index contributed by atoms with van der Waals surface area (Å²) in [5, 5.41) is 10.4. The van der Waals surface area contributed by atoms with E-state index in [4.69, 9.17) is 0 Å². The van der Waals surface area contributed by atoms with Gasteiger partial charge in [-0.25, -0.2) is 9.98 Å². The average molecular weight is 374 g/mol. The number of rotatable bonds is 8. The second-order valence-corrected chi connectivity index (χ2v) is 7.02. The number of anilines is 1.